The Kier molecular flexibility index (Phi) is 4.90. The number of carbonyl (C=O) groups excluding carboxylic acids is 1. The number of hydrogen-bond donors (Lipinski definition) is 1. The number of aliphatic hydroxyl groups excluding tert-OH is 1. The molecule has 0 saturated heterocycles. The summed E-state index contributed by atoms with van der Waals surface area (Å²) in [5.74, 6) is -0.732. The fourth-order valence-electron chi connectivity index (χ4n) is 1.25. The summed E-state index contributed by atoms with van der Waals surface area (Å²) in [6.07, 6.45) is 0. The number of amides is 1. The van der Waals surface area contributed by atoms with Crippen LogP contribution in [-0.2, 0) is 4.79 Å². The summed E-state index contributed by atoms with van der Waals surface area (Å²) in [6, 6.07) is 4.46. The van der Waals surface area contributed by atoms with Crippen molar-refractivity contribution in [2.75, 3.05) is 26.8 Å². The second-order valence-electron chi connectivity index (χ2n) is 3.76. The van der Waals surface area contributed by atoms with Crippen molar-refractivity contribution in [1.29, 1.82) is 0 Å². The van der Waals surface area contributed by atoms with E-state index in [0.29, 0.717) is 0 Å². The molecule has 0 spiro atoms. The Morgan fingerprint density at radius 3 is 2.88 bits per heavy atom. The van der Waals surface area contributed by atoms with Crippen molar-refractivity contribution < 1.29 is 19.0 Å². The fraction of sp³-hybridized carbons (Fsp3) is 0.417. The number of halogens is 1. The van der Waals surface area contributed by atoms with Crippen molar-refractivity contribution in [2.24, 2.45) is 0 Å². The van der Waals surface area contributed by atoms with Crippen molar-refractivity contribution in [1.82, 2.24) is 4.90 Å². The first-order valence-corrected chi connectivity index (χ1v) is 5.28. The van der Waals surface area contributed by atoms with Crippen molar-refractivity contribution in [3.8, 4) is 5.75 Å². The van der Waals surface area contributed by atoms with E-state index in [-0.39, 0.29) is 31.4 Å². The number of benzene rings is 1. The third kappa shape index (κ3) is 4.03. The average Bonchev–Trinajstić information content (AvgIpc) is 2.30. The predicted octanol–water partition coefficient (Wildman–Crippen LogP) is 0.964. The fourth-order valence-corrected chi connectivity index (χ4v) is 1.25. The molecule has 1 amide bonds. The second-order valence-corrected chi connectivity index (χ2v) is 3.76. The molecule has 0 radical (unpaired) electrons. The van der Waals surface area contributed by atoms with Gasteiger partial charge in [0.1, 0.15) is 0 Å². The summed E-state index contributed by atoms with van der Waals surface area (Å²) in [4.78, 5) is 12.8. The highest BCUT2D eigenvalue weighted by Crippen LogP contribution is 2.18. The van der Waals surface area contributed by atoms with Crippen LogP contribution in [0.25, 0.3) is 0 Å². The van der Waals surface area contributed by atoms with Gasteiger partial charge in [-0.2, -0.15) is 0 Å². The lowest BCUT2D eigenvalue weighted by Gasteiger charge is -2.16. The van der Waals surface area contributed by atoms with E-state index in [1.54, 1.807) is 13.1 Å². The smallest absolute Gasteiger partial charge is 0.260 e. The van der Waals surface area contributed by atoms with Crippen molar-refractivity contribution >= 4 is 5.91 Å². The Balaban J connectivity index is 2.55. The van der Waals surface area contributed by atoms with Crippen LogP contribution in [0.15, 0.2) is 18.2 Å². The maximum atomic E-state index is 13.3. The van der Waals surface area contributed by atoms with Gasteiger partial charge in [-0.05, 0) is 24.6 Å². The summed E-state index contributed by atoms with van der Waals surface area (Å²) in [5, 5.41) is 8.66. The van der Waals surface area contributed by atoms with E-state index in [9.17, 15) is 9.18 Å². The molecule has 94 valence electrons. The van der Waals surface area contributed by atoms with Gasteiger partial charge in [0.2, 0.25) is 0 Å². The molecule has 1 N–H and O–H groups in total. The molecule has 0 aliphatic carbocycles. The predicted molar refractivity (Wildman–Crippen MR) is 61.4 cm³/mol. The molecule has 4 nitrogen and oxygen atoms in total. The zero-order chi connectivity index (χ0) is 12.8. The minimum atomic E-state index is -0.492. The third-order valence-corrected chi connectivity index (χ3v) is 2.30. The van der Waals surface area contributed by atoms with Crippen LogP contribution in [0.1, 0.15) is 5.56 Å². The molecule has 1 rings (SSSR count). The molecule has 0 bridgehead atoms. The van der Waals surface area contributed by atoms with E-state index >= 15 is 0 Å². The molecule has 17 heavy (non-hydrogen) atoms. The van der Waals surface area contributed by atoms with Crippen LogP contribution in [-0.4, -0.2) is 42.7 Å². The van der Waals surface area contributed by atoms with Gasteiger partial charge in [-0.1, -0.05) is 6.07 Å². The highest BCUT2D eigenvalue weighted by Gasteiger charge is 2.10. The SMILES string of the molecule is Cc1ccc(F)c(OCC(=O)N(C)CCO)c1. The number of aryl methyl sites for hydroxylation is 1. The quantitative estimate of drug-likeness (QED) is 0.835. The number of aliphatic hydroxyl groups is 1. The van der Waals surface area contributed by atoms with E-state index in [2.05, 4.69) is 0 Å². The van der Waals surface area contributed by atoms with E-state index in [0.717, 1.165) is 5.56 Å². The molecule has 1 aromatic rings. The minimum Gasteiger partial charge on any atom is -0.481 e. The Morgan fingerprint density at radius 2 is 2.24 bits per heavy atom. The lowest BCUT2D eigenvalue weighted by atomic mass is 10.2. The summed E-state index contributed by atoms with van der Waals surface area (Å²) < 4.78 is 18.4. The molecule has 0 aliphatic rings. The van der Waals surface area contributed by atoms with Gasteiger partial charge in [0.15, 0.2) is 18.2 Å². The van der Waals surface area contributed by atoms with Crippen LogP contribution in [0.4, 0.5) is 4.39 Å². The maximum absolute atomic E-state index is 13.3. The second kappa shape index (κ2) is 6.20. The van der Waals surface area contributed by atoms with E-state index in [4.69, 9.17) is 9.84 Å². The Morgan fingerprint density at radius 1 is 1.53 bits per heavy atom. The van der Waals surface area contributed by atoms with Crippen LogP contribution in [0.3, 0.4) is 0 Å². The van der Waals surface area contributed by atoms with Crippen LogP contribution >= 0.6 is 0 Å². The van der Waals surface area contributed by atoms with Gasteiger partial charge in [-0.3, -0.25) is 4.79 Å². The first-order valence-electron chi connectivity index (χ1n) is 5.28. The molecule has 0 unspecified atom stereocenters. The number of carbonyl (C=O) groups is 1. The molecule has 0 atom stereocenters. The molecule has 0 heterocycles. The van der Waals surface area contributed by atoms with Crippen LogP contribution in [0.2, 0.25) is 0 Å². The van der Waals surface area contributed by atoms with E-state index in [1.807, 2.05) is 6.92 Å². The van der Waals surface area contributed by atoms with Gasteiger partial charge in [0, 0.05) is 13.6 Å². The summed E-state index contributed by atoms with van der Waals surface area (Å²) in [7, 11) is 1.55. The molecule has 0 saturated carbocycles. The van der Waals surface area contributed by atoms with Crippen LogP contribution in [0.5, 0.6) is 5.75 Å². The van der Waals surface area contributed by atoms with E-state index in [1.165, 1.54) is 17.0 Å². The normalized spacial score (nSPS) is 10.1. The van der Waals surface area contributed by atoms with Crippen LogP contribution < -0.4 is 4.74 Å². The summed E-state index contributed by atoms with van der Waals surface area (Å²) >= 11 is 0. The van der Waals surface area contributed by atoms with Crippen molar-refractivity contribution in [2.45, 2.75) is 6.92 Å². The van der Waals surface area contributed by atoms with Gasteiger partial charge in [0.25, 0.3) is 5.91 Å². The highest BCUT2D eigenvalue weighted by atomic mass is 19.1. The summed E-state index contributed by atoms with van der Waals surface area (Å²) in [5.41, 5.74) is 0.859. The lowest BCUT2D eigenvalue weighted by Crippen LogP contribution is -2.33. The largest absolute Gasteiger partial charge is 0.481 e. The molecular formula is C12H16FNO3. The topological polar surface area (TPSA) is 49.8 Å². The molecule has 1 aromatic carbocycles. The van der Waals surface area contributed by atoms with E-state index < -0.39 is 5.82 Å². The standard InChI is InChI=1S/C12H16FNO3/c1-9-3-4-10(13)11(7-9)17-8-12(16)14(2)5-6-15/h3-4,7,15H,5-6,8H2,1-2H3. The molecule has 0 aromatic heterocycles. The molecule has 0 fully saturated rings. The van der Waals surface area contributed by atoms with Gasteiger partial charge in [-0.15, -0.1) is 0 Å². The average molecular weight is 241 g/mol. The Bertz CT molecular complexity index is 395. The Hall–Kier alpha value is -1.62. The zero-order valence-corrected chi connectivity index (χ0v) is 9.94. The molecular weight excluding hydrogens is 225 g/mol. The number of rotatable bonds is 5. The number of nitrogens with zero attached hydrogens (tertiary/aromatic N) is 1. The Labute approximate surface area is 99.6 Å². The highest BCUT2D eigenvalue weighted by molar-refractivity contribution is 5.77. The first-order chi connectivity index (χ1) is 8.04. The monoisotopic (exact) mass is 241 g/mol. The number of likely N-dealkylation sites (N-methyl/N-ethyl adjacent to an activating group) is 1. The van der Waals surface area contributed by atoms with Crippen molar-refractivity contribution in [3.05, 3.63) is 29.6 Å². The minimum absolute atomic E-state index is 0.0655. The maximum Gasteiger partial charge on any atom is 0.260 e. The third-order valence-electron chi connectivity index (χ3n) is 2.30. The van der Waals surface area contributed by atoms with Gasteiger partial charge < -0.3 is 14.7 Å². The van der Waals surface area contributed by atoms with Gasteiger partial charge in [0.05, 0.1) is 6.61 Å². The van der Waals surface area contributed by atoms with Gasteiger partial charge in [-0.25, -0.2) is 4.39 Å². The van der Waals surface area contributed by atoms with Gasteiger partial charge >= 0.3 is 0 Å². The lowest BCUT2D eigenvalue weighted by molar-refractivity contribution is -0.132. The first kappa shape index (κ1) is 13.4. The molecule has 5 heteroatoms. The molecule has 0 aliphatic heterocycles. The number of hydrogen-bond acceptors (Lipinski definition) is 3. The van der Waals surface area contributed by atoms with Crippen LogP contribution in [0, 0.1) is 12.7 Å². The zero-order valence-electron chi connectivity index (χ0n) is 9.94. The van der Waals surface area contributed by atoms with Crippen molar-refractivity contribution in [3.63, 3.8) is 0 Å². The summed E-state index contributed by atoms with van der Waals surface area (Å²) in [6.45, 7) is 1.70. The number of ether oxygens (including phenoxy) is 1.